The fraction of sp³-hybridized carbons (Fsp3) is 0.250. The van der Waals surface area contributed by atoms with Crippen LogP contribution in [0.3, 0.4) is 0 Å². The number of amides is 1. The molecule has 11 heteroatoms. The number of methoxy groups -OCH3 is 1. The Morgan fingerprint density at radius 3 is 2.69 bits per heavy atom. The van der Waals surface area contributed by atoms with Crippen LogP contribution in [-0.2, 0) is 9.59 Å². The molecule has 2 aromatic carbocycles. The van der Waals surface area contributed by atoms with E-state index in [1.54, 1.807) is 7.11 Å². The third-order valence-electron chi connectivity index (χ3n) is 6.67. The van der Waals surface area contributed by atoms with Crippen LogP contribution in [0.25, 0.3) is 5.57 Å². The van der Waals surface area contributed by atoms with Gasteiger partial charge in [0.2, 0.25) is 11.9 Å². The summed E-state index contributed by atoms with van der Waals surface area (Å²) in [5, 5.41) is 6.31. The normalized spacial score (nSPS) is 15.3. The van der Waals surface area contributed by atoms with Crippen molar-refractivity contribution in [3.63, 3.8) is 0 Å². The largest absolute Gasteiger partial charge is 0.494 e. The smallest absolute Gasteiger partial charge is 0.247 e. The number of piperazine rings is 1. The number of ketones is 1. The van der Waals surface area contributed by atoms with E-state index >= 15 is 0 Å². The van der Waals surface area contributed by atoms with Crippen LogP contribution in [0.1, 0.15) is 5.56 Å². The molecule has 200 valence electrons. The van der Waals surface area contributed by atoms with Gasteiger partial charge in [-0.15, -0.1) is 0 Å². The summed E-state index contributed by atoms with van der Waals surface area (Å²) in [5.41, 5.74) is 2.08. The molecule has 10 nitrogen and oxygen atoms in total. The van der Waals surface area contributed by atoms with Gasteiger partial charge >= 0.3 is 0 Å². The molecule has 2 aliphatic rings. The van der Waals surface area contributed by atoms with Gasteiger partial charge in [0.15, 0.2) is 5.78 Å². The number of carbonyl (C=O) groups excluding carboxylic acids is 2. The SMILES string of the molecule is C=CC(=O)Nc1ccc(F)c(C2=c3nc(Nc4ccc(N5CCN(C)CC5)cc4OC)ncc3=NCC2=O)c1. The number of hydrogen-bond donors (Lipinski definition) is 2. The Morgan fingerprint density at radius 2 is 1.95 bits per heavy atom. The number of Topliss-reactive ketones (excluding diaryl/α,β-unsaturated/α-hetero) is 1. The van der Waals surface area contributed by atoms with Crippen molar-refractivity contribution < 1.29 is 18.7 Å². The first-order valence-corrected chi connectivity index (χ1v) is 12.4. The number of anilines is 4. The molecule has 1 aromatic heterocycles. The first-order chi connectivity index (χ1) is 18.9. The number of benzene rings is 2. The topological polar surface area (TPSA) is 112 Å². The van der Waals surface area contributed by atoms with Crippen molar-refractivity contribution >= 4 is 40.3 Å². The number of nitrogens with one attached hydrogen (secondary N) is 2. The molecule has 39 heavy (non-hydrogen) atoms. The van der Waals surface area contributed by atoms with E-state index in [0.717, 1.165) is 37.9 Å². The minimum atomic E-state index is -0.628. The van der Waals surface area contributed by atoms with E-state index in [-0.39, 0.29) is 29.0 Å². The second kappa shape index (κ2) is 11.0. The molecule has 0 unspecified atom stereocenters. The minimum Gasteiger partial charge on any atom is -0.494 e. The van der Waals surface area contributed by atoms with Gasteiger partial charge in [0, 0.05) is 49.2 Å². The quantitative estimate of drug-likeness (QED) is 0.445. The molecular weight excluding hydrogens is 501 g/mol. The van der Waals surface area contributed by atoms with Crippen molar-refractivity contribution in [3.05, 3.63) is 77.3 Å². The lowest BCUT2D eigenvalue weighted by molar-refractivity contribution is -0.113. The molecule has 0 saturated carbocycles. The van der Waals surface area contributed by atoms with Gasteiger partial charge in [0.25, 0.3) is 0 Å². The summed E-state index contributed by atoms with van der Waals surface area (Å²) < 4.78 is 20.6. The van der Waals surface area contributed by atoms with Gasteiger partial charge in [0.1, 0.15) is 28.8 Å². The predicted octanol–water partition coefficient (Wildman–Crippen LogP) is 1.65. The highest BCUT2D eigenvalue weighted by Gasteiger charge is 2.23. The molecule has 3 aromatic rings. The lowest BCUT2D eigenvalue weighted by Crippen LogP contribution is -2.44. The highest BCUT2D eigenvalue weighted by Crippen LogP contribution is 2.31. The summed E-state index contributed by atoms with van der Waals surface area (Å²) in [6, 6.07) is 9.84. The van der Waals surface area contributed by atoms with Gasteiger partial charge in [-0.05, 0) is 43.5 Å². The predicted molar refractivity (Wildman–Crippen MR) is 146 cm³/mol. The number of hydrogen-bond acceptors (Lipinski definition) is 9. The Labute approximate surface area is 224 Å². The lowest BCUT2D eigenvalue weighted by Gasteiger charge is -2.34. The third kappa shape index (κ3) is 5.48. The van der Waals surface area contributed by atoms with Crippen molar-refractivity contribution in [3.8, 4) is 5.75 Å². The Bertz CT molecular complexity index is 1580. The molecule has 2 aliphatic heterocycles. The monoisotopic (exact) mass is 529 g/mol. The molecule has 0 radical (unpaired) electrons. The third-order valence-corrected chi connectivity index (χ3v) is 6.67. The maximum Gasteiger partial charge on any atom is 0.247 e. The number of ether oxygens (including phenoxy) is 1. The van der Waals surface area contributed by atoms with Gasteiger partial charge in [-0.2, -0.15) is 0 Å². The van der Waals surface area contributed by atoms with E-state index in [2.05, 4.69) is 49.0 Å². The first kappa shape index (κ1) is 26.0. The van der Waals surface area contributed by atoms with E-state index in [9.17, 15) is 14.0 Å². The van der Waals surface area contributed by atoms with E-state index in [0.29, 0.717) is 22.5 Å². The summed E-state index contributed by atoms with van der Waals surface area (Å²) in [6.45, 7) is 7.07. The molecule has 0 spiro atoms. The standard InChI is InChI=1S/C28H28FN7O3/c1-4-25(38)32-17-5-7-20(29)19(13-17)26-23(37)16-30-22-15-31-28(34-27(22)26)33-21-8-6-18(14-24(21)39-3)36-11-9-35(2)10-12-36/h4-8,13-15H,1,9-12,16H2,2-3H3,(H,32,38)(H,33,34). The molecule has 1 fully saturated rings. The van der Waals surface area contributed by atoms with Crippen molar-refractivity contribution in [2.75, 3.05) is 62.4 Å². The molecule has 0 aliphatic carbocycles. The number of fused-ring (bicyclic) bond motifs is 1. The highest BCUT2D eigenvalue weighted by atomic mass is 19.1. The Balaban J connectivity index is 1.52. The van der Waals surface area contributed by atoms with Crippen LogP contribution in [0.4, 0.5) is 27.4 Å². The molecule has 1 amide bonds. The van der Waals surface area contributed by atoms with Crippen LogP contribution in [0.15, 0.2) is 60.2 Å². The van der Waals surface area contributed by atoms with Crippen molar-refractivity contribution in [2.45, 2.75) is 0 Å². The van der Waals surface area contributed by atoms with E-state index in [4.69, 9.17) is 4.74 Å². The van der Waals surface area contributed by atoms with Gasteiger partial charge < -0.3 is 25.2 Å². The van der Waals surface area contributed by atoms with Crippen LogP contribution >= 0.6 is 0 Å². The summed E-state index contributed by atoms with van der Waals surface area (Å²) in [6.07, 6.45) is 2.59. The maximum absolute atomic E-state index is 15.0. The van der Waals surface area contributed by atoms with Gasteiger partial charge in [-0.3, -0.25) is 14.6 Å². The van der Waals surface area contributed by atoms with Crippen LogP contribution in [0.2, 0.25) is 0 Å². The van der Waals surface area contributed by atoms with E-state index < -0.39 is 17.5 Å². The fourth-order valence-corrected chi connectivity index (χ4v) is 4.53. The van der Waals surface area contributed by atoms with Crippen LogP contribution in [0.5, 0.6) is 5.75 Å². The first-order valence-electron chi connectivity index (χ1n) is 12.4. The van der Waals surface area contributed by atoms with E-state index in [1.807, 2.05) is 18.2 Å². The highest BCUT2D eigenvalue weighted by molar-refractivity contribution is 6.21. The van der Waals surface area contributed by atoms with Gasteiger partial charge in [-0.1, -0.05) is 6.58 Å². The summed E-state index contributed by atoms with van der Waals surface area (Å²) >= 11 is 0. The molecule has 1 saturated heterocycles. The lowest BCUT2D eigenvalue weighted by atomic mass is 9.98. The molecule has 2 N–H and O–H groups in total. The molecule has 3 heterocycles. The maximum atomic E-state index is 15.0. The molecular formula is C28H28FN7O3. The number of nitrogens with zero attached hydrogens (tertiary/aromatic N) is 5. The Hall–Kier alpha value is -4.64. The summed E-state index contributed by atoms with van der Waals surface area (Å²) in [5.74, 6) is -0.679. The summed E-state index contributed by atoms with van der Waals surface area (Å²) in [7, 11) is 3.70. The van der Waals surface area contributed by atoms with Crippen LogP contribution in [0, 0.1) is 5.82 Å². The number of aromatic nitrogens is 2. The number of rotatable bonds is 7. The zero-order valence-electron chi connectivity index (χ0n) is 21.7. The minimum absolute atomic E-state index is 0.0109. The zero-order chi connectivity index (χ0) is 27.5. The Kier molecular flexibility index (Phi) is 7.33. The number of halogens is 1. The van der Waals surface area contributed by atoms with Crippen LogP contribution in [-0.4, -0.2) is 73.4 Å². The fourth-order valence-electron chi connectivity index (χ4n) is 4.53. The van der Waals surface area contributed by atoms with Crippen molar-refractivity contribution in [1.82, 2.24) is 14.9 Å². The second-order valence-electron chi connectivity index (χ2n) is 9.23. The second-order valence-corrected chi connectivity index (χ2v) is 9.23. The average molecular weight is 530 g/mol. The molecule has 0 atom stereocenters. The summed E-state index contributed by atoms with van der Waals surface area (Å²) in [4.78, 5) is 42.5. The van der Waals surface area contributed by atoms with E-state index in [1.165, 1.54) is 24.4 Å². The van der Waals surface area contributed by atoms with Crippen molar-refractivity contribution in [1.29, 1.82) is 0 Å². The van der Waals surface area contributed by atoms with Crippen LogP contribution < -0.4 is 31.0 Å². The molecule has 5 rings (SSSR count). The molecule has 0 bridgehead atoms. The average Bonchev–Trinajstić information content (AvgIpc) is 2.95. The van der Waals surface area contributed by atoms with Gasteiger partial charge in [0.05, 0.1) is 24.6 Å². The Morgan fingerprint density at radius 1 is 1.15 bits per heavy atom. The van der Waals surface area contributed by atoms with Crippen molar-refractivity contribution in [2.24, 2.45) is 4.99 Å². The number of likely N-dealkylation sites (N-methyl/N-ethyl adjacent to an activating group) is 1. The number of carbonyl (C=O) groups is 2. The zero-order valence-corrected chi connectivity index (χ0v) is 21.7. The van der Waals surface area contributed by atoms with Gasteiger partial charge in [-0.25, -0.2) is 14.4 Å².